The van der Waals surface area contributed by atoms with Gasteiger partial charge >= 0.3 is 12.1 Å². The summed E-state index contributed by atoms with van der Waals surface area (Å²) in [5.74, 6) is -0.479. The smallest absolute Gasteiger partial charge is 0.421 e. The third-order valence-corrected chi connectivity index (χ3v) is 5.16. The number of ether oxygens (including phenoxy) is 2. The maximum absolute atomic E-state index is 12.5. The van der Waals surface area contributed by atoms with Crippen LogP contribution in [0.3, 0.4) is 0 Å². The molecule has 1 aliphatic carbocycles. The highest BCUT2D eigenvalue weighted by atomic mass is 16.6. The van der Waals surface area contributed by atoms with E-state index in [0.29, 0.717) is 13.1 Å². The molecule has 0 unspecified atom stereocenters. The summed E-state index contributed by atoms with van der Waals surface area (Å²) in [6.07, 6.45) is 2.40. The summed E-state index contributed by atoms with van der Waals surface area (Å²) in [5, 5.41) is 1.50. The molecule has 0 spiro atoms. The number of nitrogens with zero attached hydrogens (tertiary/aromatic N) is 1. The summed E-state index contributed by atoms with van der Waals surface area (Å²) >= 11 is 0. The van der Waals surface area contributed by atoms with Crippen molar-refractivity contribution in [1.29, 1.82) is 0 Å². The van der Waals surface area contributed by atoms with Gasteiger partial charge in [0.05, 0.1) is 0 Å². The number of carbonyl (C=O) groups excluding carboxylic acids is 2. The molecule has 7 heteroatoms. The van der Waals surface area contributed by atoms with Crippen molar-refractivity contribution in [3.63, 3.8) is 0 Å². The van der Waals surface area contributed by atoms with E-state index in [1.165, 1.54) is 22.2 Å². The second kappa shape index (κ2) is 11.3. The molecule has 7 nitrogen and oxygen atoms in total. The van der Waals surface area contributed by atoms with Gasteiger partial charge in [-0.05, 0) is 41.6 Å². The highest BCUT2D eigenvalue weighted by molar-refractivity contribution is 5.79. The van der Waals surface area contributed by atoms with Crippen molar-refractivity contribution in [3.8, 4) is 11.1 Å². The van der Waals surface area contributed by atoms with Gasteiger partial charge in [-0.15, -0.1) is 0 Å². The van der Waals surface area contributed by atoms with E-state index in [0.717, 1.165) is 24.0 Å². The molecule has 3 N–H and O–H groups in total. The number of hydrogen-bond donors (Lipinski definition) is 2. The number of carbonyl (C=O) groups is 2. The predicted molar refractivity (Wildman–Crippen MR) is 119 cm³/mol. The first-order valence-electron chi connectivity index (χ1n) is 10.5. The first-order chi connectivity index (χ1) is 15.1. The topological polar surface area (TPSA) is 93.9 Å². The largest absolute Gasteiger partial charge is 0.460 e. The van der Waals surface area contributed by atoms with Crippen LogP contribution in [0, 0.1) is 0 Å². The standard InChI is InChI=1S/C24H29N3O4/c1-2-15-30-23(28)16-27(14-8-7-13-25)26-24(29)31-17-22-20-11-5-3-9-18(20)19-10-4-6-12-21(19)22/h2-6,9-12,22H,1,7-8,13-17,25H2,(H,26,29). The lowest BCUT2D eigenvalue weighted by Crippen LogP contribution is -2.46. The fourth-order valence-electron chi connectivity index (χ4n) is 3.73. The number of hydrogen-bond acceptors (Lipinski definition) is 6. The predicted octanol–water partition coefficient (Wildman–Crippen LogP) is 3.21. The molecule has 0 radical (unpaired) electrons. The van der Waals surface area contributed by atoms with E-state index in [9.17, 15) is 9.59 Å². The Balaban J connectivity index is 1.60. The number of unbranched alkanes of at least 4 members (excludes halogenated alkanes) is 1. The molecule has 0 saturated heterocycles. The van der Waals surface area contributed by atoms with Crippen molar-refractivity contribution in [3.05, 3.63) is 72.3 Å². The first kappa shape index (κ1) is 22.5. The van der Waals surface area contributed by atoms with Crippen LogP contribution in [0.2, 0.25) is 0 Å². The van der Waals surface area contributed by atoms with E-state index in [4.69, 9.17) is 15.2 Å². The van der Waals surface area contributed by atoms with Crippen molar-refractivity contribution < 1.29 is 19.1 Å². The molecule has 1 aliphatic rings. The molecule has 0 fully saturated rings. The van der Waals surface area contributed by atoms with Crippen molar-refractivity contribution in [2.45, 2.75) is 18.8 Å². The highest BCUT2D eigenvalue weighted by Crippen LogP contribution is 2.44. The summed E-state index contributed by atoms with van der Waals surface area (Å²) in [6.45, 7) is 4.78. The Bertz CT molecular complexity index is 870. The van der Waals surface area contributed by atoms with Gasteiger partial charge in [0.25, 0.3) is 0 Å². The lowest BCUT2D eigenvalue weighted by atomic mass is 9.98. The van der Waals surface area contributed by atoms with E-state index in [1.54, 1.807) is 0 Å². The van der Waals surface area contributed by atoms with Gasteiger partial charge in [-0.2, -0.15) is 0 Å². The normalized spacial score (nSPS) is 12.2. The van der Waals surface area contributed by atoms with Crippen LogP contribution in [0.5, 0.6) is 0 Å². The molecule has 0 bridgehead atoms. The first-order valence-corrected chi connectivity index (χ1v) is 10.5. The van der Waals surface area contributed by atoms with E-state index < -0.39 is 12.1 Å². The molecule has 2 aromatic rings. The zero-order valence-corrected chi connectivity index (χ0v) is 17.6. The van der Waals surface area contributed by atoms with E-state index in [1.807, 2.05) is 24.3 Å². The van der Waals surface area contributed by atoms with Gasteiger partial charge < -0.3 is 15.2 Å². The Morgan fingerprint density at radius 2 is 1.68 bits per heavy atom. The molecule has 3 rings (SSSR count). The Labute approximate surface area is 182 Å². The Hall–Kier alpha value is -3.16. The van der Waals surface area contributed by atoms with Gasteiger partial charge in [0.15, 0.2) is 0 Å². The number of rotatable bonds is 11. The minimum absolute atomic E-state index is 0.0265. The van der Waals surface area contributed by atoms with E-state index in [2.05, 4.69) is 36.3 Å². The molecule has 0 aromatic heterocycles. The summed E-state index contributed by atoms with van der Waals surface area (Å²) in [5.41, 5.74) is 12.8. The van der Waals surface area contributed by atoms with Gasteiger partial charge in [-0.1, -0.05) is 61.2 Å². The van der Waals surface area contributed by atoms with Crippen LogP contribution in [0.1, 0.15) is 29.9 Å². The average molecular weight is 424 g/mol. The quantitative estimate of drug-likeness (QED) is 0.249. The summed E-state index contributed by atoms with van der Waals surface area (Å²) in [6, 6.07) is 16.3. The fourth-order valence-corrected chi connectivity index (χ4v) is 3.73. The third kappa shape index (κ3) is 5.93. The Morgan fingerprint density at radius 1 is 1.03 bits per heavy atom. The SMILES string of the molecule is C=CCOC(=O)CN(CCCCN)NC(=O)OCC1c2ccccc2-c2ccccc21. The number of hydrazine groups is 1. The Kier molecular flexibility index (Phi) is 8.20. The van der Waals surface area contributed by atoms with E-state index in [-0.39, 0.29) is 25.7 Å². The van der Waals surface area contributed by atoms with Crippen LogP contribution in [0.25, 0.3) is 11.1 Å². The van der Waals surface area contributed by atoms with Crippen LogP contribution in [0.4, 0.5) is 4.79 Å². The van der Waals surface area contributed by atoms with Gasteiger partial charge in [0, 0.05) is 12.5 Å². The van der Waals surface area contributed by atoms with Crippen molar-refractivity contribution in [2.75, 3.05) is 32.8 Å². The molecule has 164 valence electrons. The second-order valence-corrected chi connectivity index (χ2v) is 7.33. The summed E-state index contributed by atoms with van der Waals surface area (Å²) in [4.78, 5) is 24.4. The van der Waals surface area contributed by atoms with E-state index >= 15 is 0 Å². The lowest BCUT2D eigenvalue weighted by Gasteiger charge is -2.22. The lowest BCUT2D eigenvalue weighted by molar-refractivity contribution is -0.144. The third-order valence-electron chi connectivity index (χ3n) is 5.16. The molecule has 0 atom stereocenters. The molecule has 2 aromatic carbocycles. The molecular weight excluding hydrogens is 394 g/mol. The zero-order valence-electron chi connectivity index (χ0n) is 17.6. The van der Waals surface area contributed by atoms with Crippen molar-refractivity contribution in [2.24, 2.45) is 5.73 Å². The number of fused-ring (bicyclic) bond motifs is 3. The van der Waals surface area contributed by atoms with Crippen LogP contribution < -0.4 is 11.2 Å². The summed E-state index contributed by atoms with van der Waals surface area (Å²) < 4.78 is 10.6. The van der Waals surface area contributed by atoms with Crippen molar-refractivity contribution in [1.82, 2.24) is 10.4 Å². The monoisotopic (exact) mass is 423 g/mol. The number of nitrogens with one attached hydrogen (secondary N) is 1. The minimum atomic E-state index is -0.605. The molecule has 0 heterocycles. The van der Waals surface area contributed by atoms with Gasteiger partial charge in [-0.25, -0.2) is 9.80 Å². The number of benzene rings is 2. The fraction of sp³-hybridized carbons (Fsp3) is 0.333. The number of amides is 1. The second-order valence-electron chi connectivity index (χ2n) is 7.33. The van der Waals surface area contributed by atoms with Crippen LogP contribution in [-0.4, -0.2) is 49.9 Å². The maximum atomic E-state index is 12.5. The molecular formula is C24H29N3O4. The zero-order chi connectivity index (χ0) is 22.1. The van der Waals surface area contributed by atoms with Crippen LogP contribution >= 0.6 is 0 Å². The molecule has 1 amide bonds. The van der Waals surface area contributed by atoms with Crippen molar-refractivity contribution >= 4 is 12.1 Å². The maximum Gasteiger partial charge on any atom is 0.421 e. The van der Waals surface area contributed by atoms with Gasteiger partial charge in [0.2, 0.25) is 0 Å². The summed E-state index contributed by atoms with van der Waals surface area (Å²) in [7, 11) is 0. The average Bonchev–Trinajstić information content (AvgIpc) is 3.10. The minimum Gasteiger partial charge on any atom is -0.460 e. The van der Waals surface area contributed by atoms with Crippen LogP contribution in [0.15, 0.2) is 61.2 Å². The van der Waals surface area contributed by atoms with Gasteiger partial charge in [-0.3, -0.25) is 10.2 Å². The molecule has 31 heavy (non-hydrogen) atoms. The highest BCUT2D eigenvalue weighted by Gasteiger charge is 2.29. The molecule has 0 aliphatic heterocycles. The van der Waals surface area contributed by atoms with Crippen LogP contribution in [-0.2, 0) is 14.3 Å². The number of nitrogens with two attached hydrogens (primary N) is 1. The molecule has 0 saturated carbocycles. The van der Waals surface area contributed by atoms with Gasteiger partial charge in [0.1, 0.15) is 19.8 Å². The number of esters is 1. The Morgan fingerprint density at radius 3 is 2.29 bits per heavy atom.